The zero-order valence-corrected chi connectivity index (χ0v) is 10.7. The number of hydrogen-bond donors (Lipinski definition) is 2. The van der Waals surface area contributed by atoms with Crippen molar-refractivity contribution in [3.63, 3.8) is 0 Å². The number of nitrogen functional groups attached to an aromatic ring is 1. The van der Waals surface area contributed by atoms with Crippen LogP contribution in [0.3, 0.4) is 0 Å². The van der Waals surface area contributed by atoms with Gasteiger partial charge in [0.05, 0.1) is 18.0 Å². The third-order valence-electron chi connectivity index (χ3n) is 2.70. The Labute approximate surface area is 111 Å². The smallest absolute Gasteiger partial charge is 0.225 e. The molecule has 1 heterocycles. The lowest BCUT2D eigenvalue weighted by atomic mass is 10.2. The SMILES string of the molecule is Nc1cc(Cl)ccc1NC(=O)CCN1CCCO1. The zero-order chi connectivity index (χ0) is 13.0. The van der Waals surface area contributed by atoms with Gasteiger partial charge in [-0.15, -0.1) is 0 Å². The molecule has 0 atom stereocenters. The van der Waals surface area contributed by atoms with Crippen LogP contribution in [-0.2, 0) is 9.63 Å². The first-order valence-electron chi connectivity index (χ1n) is 5.88. The number of halogens is 1. The van der Waals surface area contributed by atoms with E-state index in [1.54, 1.807) is 18.2 Å². The van der Waals surface area contributed by atoms with Crippen LogP contribution in [0.15, 0.2) is 18.2 Å². The van der Waals surface area contributed by atoms with Gasteiger partial charge in [0.2, 0.25) is 5.91 Å². The number of anilines is 2. The lowest BCUT2D eigenvalue weighted by Gasteiger charge is -2.13. The number of hydrogen-bond acceptors (Lipinski definition) is 4. The quantitative estimate of drug-likeness (QED) is 0.819. The highest BCUT2D eigenvalue weighted by molar-refractivity contribution is 6.31. The predicted octanol–water partition coefficient (Wildman–Crippen LogP) is 1.89. The molecule has 1 aliphatic heterocycles. The minimum Gasteiger partial charge on any atom is -0.397 e. The van der Waals surface area contributed by atoms with Crippen molar-refractivity contribution in [1.82, 2.24) is 5.06 Å². The van der Waals surface area contributed by atoms with Crippen LogP contribution in [0.1, 0.15) is 12.8 Å². The van der Waals surface area contributed by atoms with Crippen molar-refractivity contribution in [2.45, 2.75) is 12.8 Å². The molecule has 0 aliphatic carbocycles. The molecule has 3 N–H and O–H groups in total. The molecule has 1 aromatic rings. The summed E-state index contributed by atoms with van der Waals surface area (Å²) in [5.41, 5.74) is 6.81. The van der Waals surface area contributed by atoms with E-state index in [4.69, 9.17) is 22.2 Å². The van der Waals surface area contributed by atoms with Gasteiger partial charge in [-0.1, -0.05) is 11.6 Å². The molecule has 2 rings (SSSR count). The number of hydroxylamine groups is 2. The van der Waals surface area contributed by atoms with E-state index in [0.717, 1.165) is 19.6 Å². The number of nitrogens with zero attached hydrogens (tertiary/aromatic N) is 1. The summed E-state index contributed by atoms with van der Waals surface area (Å²) in [5, 5.41) is 5.12. The number of carbonyl (C=O) groups excluding carboxylic acids is 1. The Bertz CT molecular complexity index is 433. The Kier molecular flexibility index (Phi) is 4.41. The minimum atomic E-state index is -0.0838. The van der Waals surface area contributed by atoms with Crippen molar-refractivity contribution >= 4 is 28.9 Å². The largest absolute Gasteiger partial charge is 0.397 e. The molecule has 98 valence electrons. The fourth-order valence-electron chi connectivity index (χ4n) is 1.76. The maximum atomic E-state index is 11.7. The summed E-state index contributed by atoms with van der Waals surface area (Å²) in [7, 11) is 0. The highest BCUT2D eigenvalue weighted by Gasteiger charge is 2.14. The Hall–Kier alpha value is -1.30. The van der Waals surface area contributed by atoms with Crippen molar-refractivity contribution in [2.24, 2.45) is 0 Å². The van der Waals surface area contributed by atoms with E-state index < -0.39 is 0 Å². The van der Waals surface area contributed by atoms with Gasteiger partial charge in [-0.05, 0) is 24.6 Å². The number of carbonyl (C=O) groups is 1. The van der Waals surface area contributed by atoms with Gasteiger partial charge >= 0.3 is 0 Å². The molecule has 18 heavy (non-hydrogen) atoms. The van der Waals surface area contributed by atoms with Gasteiger partial charge in [0.1, 0.15) is 0 Å². The van der Waals surface area contributed by atoms with Crippen LogP contribution in [0, 0.1) is 0 Å². The van der Waals surface area contributed by atoms with Crippen molar-refractivity contribution in [1.29, 1.82) is 0 Å². The second kappa shape index (κ2) is 6.04. The van der Waals surface area contributed by atoms with Gasteiger partial charge in [-0.25, -0.2) is 0 Å². The van der Waals surface area contributed by atoms with Crippen LogP contribution in [0.25, 0.3) is 0 Å². The van der Waals surface area contributed by atoms with Crippen molar-refractivity contribution in [3.05, 3.63) is 23.2 Å². The van der Waals surface area contributed by atoms with Crippen LogP contribution >= 0.6 is 11.6 Å². The van der Waals surface area contributed by atoms with E-state index in [9.17, 15) is 4.79 Å². The molecule has 1 amide bonds. The summed E-state index contributed by atoms with van der Waals surface area (Å²) >= 11 is 5.78. The molecule has 0 radical (unpaired) electrons. The van der Waals surface area contributed by atoms with E-state index in [2.05, 4.69) is 5.32 Å². The van der Waals surface area contributed by atoms with E-state index in [-0.39, 0.29) is 5.91 Å². The molecule has 1 aromatic carbocycles. The van der Waals surface area contributed by atoms with Gasteiger partial charge in [0.15, 0.2) is 0 Å². The molecule has 0 saturated carbocycles. The predicted molar refractivity (Wildman–Crippen MR) is 71.3 cm³/mol. The lowest BCUT2D eigenvalue weighted by molar-refractivity contribution is -0.126. The molecule has 1 fully saturated rings. The first-order valence-corrected chi connectivity index (χ1v) is 6.26. The van der Waals surface area contributed by atoms with Crippen molar-refractivity contribution < 1.29 is 9.63 Å². The van der Waals surface area contributed by atoms with E-state index in [1.165, 1.54) is 0 Å². The maximum absolute atomic E-state index is 11.7. The Morgan fingerprint density at radius 2 is 2.39 bits per heavy atom. The summed E-state index contributed by atoms with van der Waals surface area (Å²) in [5.74, 6) is -0.0838. The molecular weight excluding hydrogens is 254 g/mol. The summed E-state index contributed by atoms with van der Waals surface area (Å²) in [4.78, 5) is 17.0. The summed E-state index contributed by atoms with van der Waals surface area (Å²) < 4.78 is 0. The van der Waals surface area contributed by atoms with Crippen molar-refractivity contribution in [2.75, 3.05) is 30.7 Å². The molecule has 0 unspecified atom stereocenters. The van der Waals surface area contributed by atoms with Crippen LogP contribution < -0.4 is 11.1 Å². The number of nitrogens with one attached hydrogen (secondary N) is 1. The summed E-state index contributed by atoms with van der Waals surface area (Å²) in [6, 6.07) is 5.00. The Morgan fingerprint density at radius 1 is 1.56 bits per heavy atom. The van der Waals surface area contributed by atoms with Crippen LogP contribution in [-0.4, -0.2) is 30.7 Å². The molecule has 0 spiro atoms. The highest BCUT2D eigenvalue weighted by Crippen LogP contribution is 2.22. The summed E-state index contributed by atoms with van der Waals surface area (Å²) in [6.45, 7) is 2.22. The third-order valence-corrected chi connectivity index (χ3v) is 2.94. The molecule has 0 aromatic heterocycles. The van der Waals surface area contributed by atoms with Crippen LogP contribution in [0.2, 0.25) is 5.02 Å². The standard InChI is InChI=1S/C12H16ClN3O2/c13-9-2-3-11(10(14)8-9)15-12(17)4-6-16-5-1-7-18-16/h2-3,8H,1,4-7,14H2,(H,15,17). The molecule has 0 bridgehead atoms. The van der Waals surface area contributed by atoms with Gasteiger partial charge in [0.25, 0.3) is 0 Å². The average Bonchev–Trinajstić information content (AvgIpc) is 2.83. The molecule has 1 saturated heterocycles. The lowest BCUT2D eigenvalue weighted by Crippen LogP contribution is -2.24. The highest BCUT2D eigenvalue weighted by atomic mass is 35.5. The Morgan fingerprint density at radius 3 is 3.06 bits per heavy atom. The summed E-state index contributed by atoms with van der Waals surface area (Å²) in [6.07, 6.45) is 1.40. The van der Waals surface area contributed by atoms with E-state index in [1.807, 2.05) is 5.06 Å². The number of rotatable bonds is 4. The molecule has 5 nitrogen and oxygen atoms in total. The molecule has 6 heteroatoms. The topological polar surface area (TPSA) is 67.6 Å². The fraction of sp³-hybridized carbons (Fsp3) is 0.417. The number of amides is 1. The van der Waals surface area contributed by atoms with Gasteiger partial charge < -0.3 is 11.1 Å². The first-order chi connectivity index (χ1) is 8.65. The monoisotopic (exact) mass is 269 g/mol. The fourth-order valence-corrected chi connectivity index (χ4v) is 1.94. The molecule has 1 aliphatic rings. The van der Waals surface area contributed by atoms with Gasteiger partial charge in [-0.3, -0.25) is 9.63 Å². The third kappa shape index (κ3) is 3.60. The van der Waals surface area contributed by atoms with Crippen molar-refractivity contribution in [3.8, 4) is 0 Å². The van der Waals surface area contributed by atoms with E-state index in [0.29, 0.717) is 29.4 Å². The maximum Gasteiger partial charge on any atom is 0.225 e. The van der Waals surface area contributed by atoms with Gasteiger partial charge in [0, 0.05) is 24.5 Å². The number of nitrogens with two attached hydrogens (primary N) is 1. The normalized spacial score (nSPS) is 15.8. The second-order valence-corrected chi connectivity index (χ2v) is 4.58. The van der Waals surface area contributed by atoms with E-state index >= 15 is 0 Å². The second-order valence-electron chi connectivity index (χ2n) is 4.15. The van der Waals surface area contributed by atoms with Crippen LogP contribution in [0.5, 0.6) is 0 Å². The Balaban J connectivity index is 1.82. The zero-order valence-electron chi connectivity index (χ0n) is 9.99. The average molecular weight is 270 g/mol. The number of benzene rings is 1. The minimum absolute atomic E-state index is 0.0838. The molecular formula is C12H16ClN3O2. The first kappa shape index (κ1) is 13.1. The van der Waals surface area contributed by atoms with Gasteiger partial charge in [-0.2, -0.15) is 5.06 Å². The van der Waals surface area contributed by atoms with Crippen LogP contribution in [0.4, 0.5) is 11.4 Å².